The van der Waals surface area contributed by atoms with Crippen LogP contribution >= 0.6 is 0 Å². The lowest BCUT2D eigenvalue weighted by atomic mass is 9.70. The van der Waals surface area contributed by atoms with Crippen molar-refractivity contribution in [2.24, 2.45) is 23.2 Å². The van der Waals surface area contributed by atoms with Gasteiger partial charge in [-0.2, -0.15) is 10.5 Å². The smallest absolute Gasteiger partial charge is 0.0658 e. The number of nitriles is 2. The summed E-state index contributed by atoms with van der Waals surface area (Å²) in [6, 6.07) is 4.56. The predicted molar refractivity (Wildman–Crippen MR) is 54.3 cm³/mol. The van der Waals surface area contributed by atoms with Crippen molar-refractivity contribution in [3.05, 3.63) is 0 Å². The zero-order valence-electron chi connectivity index (χ0n) is 8.82. The Hall–Kier alpha value is -1.06. The van der Waals surface area contributed by atoms with Crippen molar-refractivity contribution in [1.29, 1.82) is 10.5 Å². The van der Waals surface area contributed by atoms with Gasteiger partial charge in [0.2, 0.25) is 0 Å². The van der Waals surface area contributed by atoms with Gasteiger partial charge in [0.25, 0.3) is 0 Å². The Kier molecular flexibility index (Phi) is 2.67. The van der Waals surface area contributed by atoms with E-state index in [2.05, 4.69) is 12.1 Å². The van der Waals surface area contributed by atoms with Gasteiger partial charge in [-0.25, -0.2) is 0 Å². The lowest BCUT2D eigenvalue weighted by molar-refractivity contribution is 0.0877. The highest BCUT2D eigenvalue weighted by Gasteiger charge is 2.55. The summed E-state index contributed by atoms with van der Waals surface area (Å²) in [6.45, 7) is 0.222. The summed E-state index contributed by atoms with van der Waals surface area (Å²) in [6.07, 6.45) is 4.37. The van der Waals surface area contributed by atoms with E-state index < -0.39 is 0 Å². The molecule has 0 aliphatic heterocycles. The maximum Gasteiger partial charge on any atom is 0.0658 e. The number of hydrogen-bond donors (Lipinski definition) is 1. The first-order chi connectivity index (χ1) is 7.25. The molecule has 2 bridgehead atoms. The third-order valence-corrected chi connectivity index (χ3v) is 4.44. The first-order valence-electron chi connectivity index (χ1n) is 5.63. The van der Waals surface area contributed by atoms with Gasteiger partial charge in [-0.1, -0.05) is 0 Å². The molecule has 0 aromatic carbocycles. The topological polar surface area (TPSA) is 67.8 Å². The summed E-state index contributed by atoms with van der Waals surface area (Å²) in [5.74, 6) is 0.984. The largest absolute Gasteiger partial charge is 0.396 e. The van der Waals surface area contributed by atoms with E-state index in [0.29, 0.717) is 18.3 Å². The van der Waals surface area contributed by atoms with Crippen LogP contribution in [0.25, 0.3) is 0 Å². The molecule has 0 aromatic heterocycles. The molecule has 2 rings (SSSR count). The molecule has 2 aliphatic rings. The van der Waals surface area contributed by atoms with E-state index in [0.717, 1.165) is 25.7 Å². The average Bonchev–Trinajstić information content (AvgIpc) is 2.80. The number of hydrogen-bond acceptors (Lipinski definition) is 3. The third-order valence-electron chi connectivity index (χ3n) is 4.44. The molecule has 0 radical (unpaired) electrons. The Bertz CT molecular complexity index is 327. The van der Waals surface area contributed by atoms with Crippen LogP contribution in [0.3, 0.4) is 0 Å². The van der Waals surface area contributed by atoms with Crippen LogP contribution < -0.4 is 0 Å². The summed E-state index contributed by atoms with van der Waals surface area (Å²) in [5.41, 5.74) is 0.107. The SMILES string of the molecule is N#CCCC12CC(C#N)C(CC1CO)C2. The quantitative estimate of drug-likeness (QED) is 0.762. The van der Waals surface area contributed by atoms with E-state index in [1.54, 1.807) is 0 Å². The van der Waals surface area contributed by atoms with E-state index in [4.69, 9.17) is 10.5 Å². The molecule has 0 amide bonds. The second kappa shape index (κ2) is 3.83. The van der Waals surface area contributed by atoms with Crippen molar-refractivity contribution < 1.29 is 5.11 Å². The monoisotopic (exact) mass is 204 g/mol. The first-order valence-corrected chi connectivity index (χ1v) is 5.63. The average molecular weight is 204 g/mol. The lowest BCUT2D eigenvalue weighted by Gasteiger charge is -2.34. The highest BCUT2D eigenvalue weighted by Crippen LogP contribution is 2.61. The van der Waals surface area contributed by atoms with Gasteiger partial charge in [0.1, 0.15) is 0 Å². The Morgan fingerprint density at radius 1 is 1.33 bits per heavy atom. The van der Waals surface area contributed by atoms with Gasteiger partial charge >= 0.3 is 0 Å². The molecule has 1 N–H and O–H groups in total. The fraction of sp³-hybridized carbons (Fsp3) is 0.833. The van der Waals surface area contributed by atoms with E-state index in [1.165, 1.54) is 0 Å². The summed E-state index contributed by atoms with van der Waals surface area (Å²) < 4.78 is 0. The minimum Gasteiger partial charge on any atom is -0.396 e. The molecule has 2 fully saturated rings. The molecule has 0 heterocycles. The molecule has 2 aliphatic carbocycles. The number of aliphatic hydroxyl groups is 1. The number of aliphatic hydroxyl groups excluding tert-OH is 1. The van der Waals surface area contributed by atoms with Crippen molar-refractivity contribution in [3.63, 3.8) is 0 Å². The maximum absolute atomic E-state index is 9.35. The first kappa shape index (κ1) is 10.5. The second-order valence-corrected chi connectivity index (χ2v) is 5.04. The van der Waals surface area contributed by atoms with Crippen LogP contribution in [0.4, 0.5) is 0 Å². The zero-order valence-corrected chi connectivity index (χ0v) is 8.82. The summed E-state index contributed by atoms with van der Waals surface area (Å²) >= 11 is 0. The molecule has 4 unspecified atom stereocenters. The van der Waals surface area contributed by atoms with Crippen LogP contribution in [0, 0.1) is 45.8 Å². The van der Waals surface area contributed by atoms with Crippen LogP contribution in [0.15, 0.2) is 0 Å². The molecule has 2 saturated carbocycles. The molecule has 0 saturated heterocycles. The molecule has 0 aromatic rings. The minimum absolute atomic E-state index is 0.107. The fourth-order valence-corrected chi connectivity index (χ4v) is 3.68. The number of rotatable bonds is 3. The second-order valence-electron chi connectivity index (χ2n) is 5.04. The van der Waals surface area contributed by atoms with Gasteiger partial charge in [-0.15, -0.1) is 0 Å². The van der Waals surface area contributed by atoms with E-state index in [9.17, 15) is 5.11 Å². The summed E-state index contributed by atoms with van der Waals surface area (Å²) in [5, 5.41) is 27.0. The van der Waals surface area contributed by atoms with Crippen molar-refractivity contribution in [1.82, 2.24) is 0 Å². The molecule has 3 heteroatoms. The molecular weight excluding hydrogens is 188 g/mol. The molecule has 80 valence electrons. The summed E-state index contributed by atoms with van der Waals surface area (Å²) in [7, 11) is 0. The van der Waals surface area contributed by atoms with Gasteiger partial charge in [0.15, 0.2) is 0 Å². The van der Waals surface area contributed by atoms with Gasteiger partial charge in [0.05, 0.1) is 12.1 Å². The van der Waals surface area contributed by atoms with Crippen molar-refractivity contribution in [3.8, 4) is 12.1 Å². The lowest BCUT2D eigenvalue weighted by Crippen LogP contribution is -2.30. The van der Waals surface area contributed by atoms with Crippen molar-refractivity contribution in [2.45, 2.75) is 32.1 Å². The van der Waals surface area contributed by atoms with Crippen LogP contribution in [0.2, 0.25) is 0 Å². The Morgan fingerprint density at radius 3 is 2.73 bits per heavy atom. The Balaban J connectivity index is 2.13. The van der Waals surface area contributed by atoms with E-state index in [-0.39, 0.29) is 17.9 Å². The molecular formula is C12H16N2O. The van der Waals surface area contributed by atoms with E-state index in [1.807, 2.05) is 0 Å². The summed E-state index contributed by atoms with van der Waals surface area (Å²) in [4.78, 5) is 0. The zero-order chi connectivity index (χ0) is 10.9. The standard InChI is InChI=1S/C12H16N2O/c13-3-1-2-12-5-9(4-11(12)8-15)10(6-12)7-14/h9-11,15H,1-2,4-6,8H2. The van der Waals surface area contributed by atoms with Crippen molar-refractivity contribution in [2.75, 3.05) is 6.61 Å². The molecule has 15 heavy (non-hydrogen) atoms. The maximum atomic E-state index is 9.35. The van der Waals surface area contributed by atoms with Crippen molar-refractivity contribution >= 4 is 0 Å². The Labute approximate surface area is 90.3 Å². The molecule has 3 nitrogen and oxygen atoms in total. The Morgan fingerprint density at radius 2 is 2.13 bits per heavy atom. The molecule has 0 spiro atoms. The third kappa shape index (κ3) is 1.52. The molecule has 4 atom stereocenters. The van der Waals surface area contributed by atoms with Gasteiger partial charge < -0.3 is 5.11 Å². The van der Waals surface area contributed by atoms with Crippen LogP contribution in [0.1, 0.15) is 32.1 Å². The fourth-order valence-electron chi connectivity index (χ4n) is 3.68. The number of fused-ring (bicyclic) bond motifs is 2. The van der Waals surface area contributed by atoms with Crippen LogP contribution in [-0.4, -0.2) is 11.7 Å². The van der Waals surface area contributed by atoms with Gasteiger partial charge in [0, 0.05) is 18.9 Å². The minimum atomic E-state index is 0.107. The predicted octanol–water partition coefficient (Wildman–Crippen LogP) is 1.84. The van der Waals surface area contributed by atoms with E-state index >= 15 is 0 Å². The van der Waals surface area contributed by atoms with Gasteiger partial charge in [-0.3, -0.25) is 0 Å². The highest BCUT2D eigenvalue weighted by atomic mass is 16.3. The number of nitrogens with zero attached hydrogens (tertiary/aromatic N) is 2. The van der Waals surface area contributed by atoms with Crippen LogP contribution in [-0.2, 0) is 0 Å². The normalized spacial score (nSPS) is 42.5. The van der Waals surface area contributed by atoms with Gasteiger partial charge in [-0.05, 0) is 42.9 Å². The highest BCUT2D eigenvalue weighted by molar-refractivity contribution is 5.10. The van der Waals surface area contributed by atoms with Crippen LogP contribution in [0.5, 0.6) is 0 Å².